The highest BCUT2D eigenvalue weighted by atomic mass is 32.2. The molecule has 0 aliphatic heterocycles. The zero-order chi connectivity index (χ0) is 11.4. The minimum absolute atomic E-state index is 0.366. The average molecular weight is 238 g/mol. The quantitative estimate of drug-likeness (QED) is 0.843. The number of hydrogen-bond donors (Lipinski definition) is 1. The first-order valence-corrected chi connectivity index (χ1v) is 7.32. The van der Waals surface area contributed by atoms with Crippen LogP contribution in [-0.4, -0.2) is 27.2 Å². The molecule has 1 aromatic heterocycles. The van der Waals surface area contributed by atoms with Gasteiger partial charge in [-0.25, -0.2) is 0 Å². The van der Waals surface area contributed by atoms with Crippen molar-refractivity contribution in [3.05, 3.63) is 29.6 Å². The van der Waals surface area contributed by atoms with Crippen LogP contribution in [0.4, 0.5) is 0 Å². The fraction of sp³-hybridized carbons (Fsp3) is 0.583. The zero-order valence-electron chi connectivity index (χ0n) is 9.61. The molecule has 2 unspecified atom stereocenters. The van der Waals surface area contributed by atoms with Crippen LogP contribution in [-0.2, 0) is 17.2 Å². The molecule has 1 heterocycles. The Morgan fingerprint density at radius 1 is 1.62 bits per heavy atom. The van der Waals surface area contributed by atoms with Gasteiger partial charge < -0.3 is 5.32 Å². The van der Waals surface area contributed by atoms with Crippen molar-refractivity contribution in [2.75, 3.05) is 18.1 Å². The summed E-state index contributed by atoms with van der Waals surface area (Å²) in [5.41, 5.74) is 2.54. The van der Waals surface area contributed by atoms with Crippen LogP contribution in [0, 0.1) is 0 Å². The van der Waals surface area contributed by atoms with Crippen molar-refractivity contribution >= 4 is 10.8 Å². The summed E-state index contributed by atoms with van der Waals surface area (Å²) in [5.74, 6) is 1.50. The normalized spacial score (nSPS) is 20.7. The number of nitrogens with zero attached hydrogens (tertiary/aromatic N) is 1. The van der Waals surface area contributed by atoms with Gasteiger partial charge in [0, 0.05) is 35.0 Å². The van der Waals surface area contributed by atoms with E-state index in [0.29, 0.717) is 6.04 Å². The lowest BCUT2D eigenvalue weighted by atomic mass is 10.2. The molecule has 1 N–H and O–H groups in total. The number of aryl methyl sites for hydroxylation is 1. The van der Waals surface area contributed by atoms with Crippen LogP contribution in [0.25, 0.3) is 0 Å². The Morgan fingerprint density at radius 3 is 3.31 bits per heavy atom. The Balaban J connectivity index is 1.86. The lowest BCUT2D eigenvalue weighted by Crippen LogP contribution is -2.25. The van der Waals surface area contributed by atoms with Gasteiger partial charge in [-0.3, -0.25) is 9.19 Å². The van der Waals surface area contributed by atoms with Gasteiger partial charge >= 0.3 is 0 Å². The minimum Gasteiger partial charge on any atom is -0.308 e. The Labute approximate surface area is 99.1 Å². The molecule has 4 heteroatoms. The highest BCUT2D eigenvalue weighted by Crippen LogP contribution is 2.28. The molecule has 0 fully saturated rings. The molecular weight excluding hydrogens is 220 g/mol. The van der Waals surface area contributed by atoms with E-state index in [0.717, 1.165) is 30.9 Å². The van der Waals surface area contributed by atoms with Gasteiger partial charge in [-0.15, -0.1) is 0 Å². The predicted octanol–water partition coefficient (Wildman–Crippen LogP) is 1.43. The SMILES string of the molecule is CCS(=O)CCNC1CCc2cccnc21. The molecule has 2 atom stereocenters. The van der Waals surface area contributed by atoms with E-state index < -0.39 is 10.8 Å². The van der Waals surface area contributed by atoms with Gasteiger partial charge in [0.15, 0.2) is 0 Å². The van der Waals surface area contributed by atoms with Crippen LogP contribution >= 0.6 is 0 Å². The molecule has 0 saturated heterocycles. The Morgan fingerprint density at radius 2 is 2.50 bits per heavy atom. The molecule has 0 amide bonds. The summed E-state index contributed by atoms with van der Waals surface area (Å²) >= 11 is 0. The van der Waals surface area contributed by atoms with Crippen molar-refractivity contribution in [2.24, 2.45) is 0 Å². The van der Waals surface area contributed by atoms with Gasteiger partial charge in [0.05, 0.1) is 11.7 Å². The van der Waals surface area contributed by atoms with Crippen molar-refractivity contribution in [1.82, 2.24) is 10.3 Å². The van der Waals surface area contributed by atoms with Crippen molar-refractivity contribution < 1.29 is 4.21 Å². The summed E-state index contributed by atoms with van der Waals surface area (Å²) in [6, 6.07) is 4.51. The molecule has 1 aromatic rings. The number of rotatable bonds is 5. The highest BCUT2D eigenvalue weighted by molar-refractivity contribution is 7.84. The maximum atomic E-state index is 11.3. The lowest BCUT2D eigenvalue weighted by molar-refractivity contribution is 0.540. The van der Waals surface area contributed by atoms with Gasteiger partial charge in [0.1, 0.15) is 0 Å². The summed E-state index contributed by atoms with van der Waals surface area (Å²) in [7, 11) is -0.668. The first kappa shape index (κ1) is 11.7. The van der Waals surface area contributed by atoms with Crippen molar-refractivity contribution in [2.45, 2.75) is 25.8 Å². The lowest BCUT2D eigenvalue weighted by Gasteiger charge is -2.12. The van der Waals surface area contributed by atoms with Crippen LogP contribution in [0.2, 0.25) is 0 Å². The number of nitrogens with one attached hydrogen (secondary N) is 1. The smallest absolute Gasteiger partial charge is 0.0605 e. The van der Waals surface area contributed by atoms with E-state index in [1.165, 1.54) is 11.3 Å². The van der Waals surface area contributed by atoms with Crippen molar-refractivity contribution in [3.63, 3.8) is 0 Å². The van der Waals surface area contributed by atoms with Gasteiger partial charge in [0.25, 0.3) is 0 Å². The molecular formula is C12H18N2OS. The topological polar surface area (TPSA) is 42.0 Å². The molecule has 88 valence electrons. The van der Waals surface area contributed by atoms with Crippen LogP contribution in [0.15, 0.2) is 18.3 Å². The first-order chi connectivity index (χ1) is 7.81. The minimum atomic E-state index is -0.668. The molecule has 0 saturated carbocycles. The fourth-order valence-corrected chi connectivity index (χ4v) is 2.74. The van der Waals surface area contributed by atoms with Crippen molar-refractivity contribution in [1.29, 1.82) is 0 Å². The fourth-order valence-electron chi connectivity index (χ4n) is 2.10. The van der Waals surface area contributed by atoms with Crippen LogP contribution in [0.5, 0.6) is 0 Å². The molecule has 3 nitrogen and oxygen atoms in total. The monoisotopic (exact) mass is 238 g/mol. The number of fused-ring (bicyclic) bond motifs is 1. The van der Waals surface area contributed by atoms with Crippen LogP contribution < -0.4 is 5.32 Å². The van der Waals surface area contributed by atoms with E-state index in [-0.39, 0.29) is 0 Å². The standard InChI is InChI=1S/C12H18N2OS/c1-2-16(15)9-8-13-11-6-5-10-4-3-7-14-12(10)11/h3-4,7,11,13H,2,5-6,8-9H2,1H3. The van der Waals surface area contributed by atoms with E-state index >= 15 is 0 Å². The molecule has 0 aromatic carbocycles. The van der Waals surface area contributed by atoms with E-state index in [9.17, 15) is 4.21 Å². The van der Waals surface area contributed by atoms with E-state index in [4.69, 9.17) is 0 Å². The third kappa shape index (κ3) is 2.68. The maximum Gasteiger partial charge on any atom is 0.0605 e. The van der Waals surface area contributed by atoms with Gasteiger partial charge in [0.2, 0.25) is 0 Å². The third-order valence-electron chi connectivity index (χ3n) is 3.00. The van der Waals surface area contributed by atoms with Gasteiger partial charge in [-0.2, -0.15) is 0 Å². The summed E-state index contributed by atoms with van der Waals surface area (Å²) in [5, 5.41) is 3.45. The molecule has 0 radical (unpaired) electrons. The second-order valence-electron chi connectivity index (χ2n) is 4.03. The largest absolute Gasteiger partial charge is 0.308 e. The zero-order valence-corrected chi connectivity index (χ0v) is 10.4. The molecule has 2 rings (SSSR count). The highest BCUT2D eigenvalue weighted by Gasteiger charge is 2.22. The summed E-state index contributed by atoms with van der Waals surface area (Å²) in [6.07, 6.45) is 4.08. The third-order valence-corrected chi connectivity index (χ3v) is 4.30. The van der Waals surface area contributed by atoms with Gasteiger partial charge in [-0.1, -0.05) is 13.0 Å². The van der Waals surface area contributed by atoms with E-state index in [2.05, 4.69) is 16.4 Å². The number of aromatic nitrogens is 1. The molecule has 16 heavy (non-hydrogen) atoms. The predicted molar refractivity (Wildman–Crippen MR) is 66.9 cm³/mol. The first-order valence-electron chi connectivity index (χ1n) is 5.83. The van der Waals surface area contributed by atoms with Crippen molar-refractivity contribution in [3.8, 4) is 0 Å². The summed E-state index contributed by atoms with van der Waals surface area (Å²) < 4.78 is 11.3. The molecule has 0 bridgehead atoms. The maximum absolute atomic E-state index is 11.3. The van der Waals surface area contributed by atoms with Crippen LogP contribution in [0.1, 0.15) is 30.6 Å². The van der Waals surface area contributed by atoms with E-state index in [1.807, 2.05) is 19.2 Å². The van der Waals surface area contributed by atoms with Crippen LogP contribution in [0.3, 0.4) is 0 Å². The number of pyridine rings is 1. The average Bonchev–Trinajstić information content (AvgIpc) is 2.73. The Bertz CT molecular complexity index is 381. The molecule has 1 aliphatic carbocycles. The Kier molecular flexibility index (Phi) is 4.07. The summed E-state index contributed by atoms with van der Waals surface area (Å²) in [4.78, 5) is 4.42. The van der Waals surface area contributed by atoms with Gasteiger partial charge in [-0.05, 0) is 24.5 Å². The molecule has 0 spiro atoms. The molecule has 1 aliphatic rings. The Hall–Kier alpha value is -0.740. The second kappa shape index (κ2) is 5.55. The second-order valence-corrected chi connectivity index (χ2v) is 5.89. The summed E-state index contributed by atoms with van der Waals surface area (Å²) in [6.45, 7) is 2.78. The van der Waals surface area contributed by atoms with E-state index in [1.54, 1.807) is 0 Å². The number of hydrogen-bond acceptors (Lipinski definition) is 3.